The van der Waals surface area contributed by atoms with Crippen molar-refractivity contribution in [1.82, 2.24) is 0 Å². The Morgan fingerprint density at radius 2 is 2.05 bits per heavy atom. The number of rotatable bonds is 4. The Hall–Kier alpha value is -1.46. The van der Waals surface area contributed by atoms with Gasteiger partial charge >= 0.3 is 0 Å². The minimum absolute atomic E-state index is 0.169. The highest BCUT2D eigenvalue weighted by Gasteiger charge is 2.06. The summed E-state index contributed by atoms with van der Waals surface area (Å²) in [4.78, 5) is 0.169. The minimum atomic E-state index is -0.378. The summed E-state index contributed by atoms with van der Waals surface area (Å²) in [7, 11) is 0. The van der Waals surface area contributed by atoms with Crippen molar-refractivity contribution in [1.29, 1.82) is 0 Å². The monoisotopic (exact) mass is 353 g/mol. The maximum absolute atomic E-state index is 13.5. The van der Waals surface area contributed by atoms with Crippen LogP contribution in [0.5, 0.6) is 5.75 Å². The molecule has 0 aliphatic rings. The molecule has 5 heteroatoms. The maximum atomic E-state index is 13.5. The van der Waals surface area contributed by atoms with E-state index in [1.807, 2.05) is 25.1 Å². The number of hydrogen-bond acceptors (Lipinski definition) is 2. The first-order chi connectivity index (χ1) is 9.45. The maximum Gasteiger partial charge on any atom is 0.134 e. The summed E-state index contributed by atoms with van der Waals surface area (Å²) >= 11 is 8.29. The Bertz CT molecular complexity index is 660. The van der Waals surface area contributed by atoms with E-state index in [1.54, 1.807) is 6.07 Å². The Morgan fingerprint density at radius 1 is 1.30 bits per heavy atom. The van der Waals surface area contributed by atoms with Crippen molar-refractivity contribution < 1.29 is 9.13 Å². The van der Waals surface area contributed by atoms with Crippen molar-refractivity contribution in [3.63, 3.8) is 0 Å². The first kappa shape index (κ1) is 14.9. The van der Waals surface area contributed by atoms with Crippen molar-refractivity contribution in [3.8, 4) is 5.75 Å². The van der Waals surface area contributed by atoms with Gasteiger partial charge in [-0.15, -0.1) is 0 Å². The third kappa shape index (κ3) is 3.77. The lowest BCUT2D eigenvalue weighted by molar-refractivity contribution is 0.303. The van der Waals surface area contributed by atoms with Gasteiger partial charge in [0, 0.05) is 5.56 Å². The van der Waals surface area contributed by atoms with Gasteiger partial charge in [0.15, 0.2) is 0 Å². The highest BCUT2D eigenvalue weighted by atomic mass is 79.9. The SMILES string of the molecule is Cc1ccc(OCc2cc(F)cc(C(N)=S)c2)c(Br)c1. The molecule has 0 unspecified atom stereocenters. The number of thiocarbonyl (C=S) groups is 1. The molecule has 0 aliphatic heterocycles. The molecule has 0 spiro atoms. The van der Waals surface area contributed by atoms with Crippen LogP contribution < -0.4 is 10.5 Å². The molecule has 0 heterocycles. The van der Waals surface area contributed by atoms with E-state index in [9.17, 15) is 4.39 Å². The van der Waals surface area contributed by atoms with E-state index in [0.717, 1.165) is 10.0 Å². The lowest BCUT2D eigenvalue weighted by Crippen LogP contribution is -2.10. The fraction of sp³-hybridized carbons (Fsp3) is 0.133. The quantitative estimate of drug-likeness (QED) is 0.840. The molecule has 0 saturated heterocycles. The predicted octanol–water partition coefficient (Wildman–Crippen LogP) is 4.11. The number of ether oxygens (including phenoxy) is 1. The third-order valence-electron chi connectivity index (χ3n) is 2.72. The van der Waals surface area contributed by atoms with Crippen molar-refractivity contribution in [2.45, 2.75) is 13.5 Å². The van der Waals surface area contributed by atoms with Gasteiger partial charge < -0.3 is 10.5 Å². The summed E-state index contributed by atoms with van der Waals surface area (Å²) in [5.74, 6) is 0.327. The van der Waals surface area contributed by atoms with Gasteiger partial charge in [0.2, 0.25) is 0 Å². The average molecular weight is 354 g/mol. The summed E-state index contributed by atoms with van der Waals surface area (Å²) < 4.78 is 20.0. The normalized spacial score (nSPS) is 10.3. The number of nitrogens with two attached hydrogens (primary N) is 1. The molecule has 2 aromatic rings. The van der Waals surface area contributed by atoms with Gasteiger partial charge in [0.05, 0.1) is 4.47 Å². The number of halogens is 2. The molecule has 2 N–H and O–H groups in total. The van der Waals surface area contributed by atoms with E-state index in [4.69, 9.17) is 22.7 Å². The van der Waals surface area contributed by atoms with Crippen LogP contribution in [0.25, 0.3) is 0 Å². The van der Waals surface area contributed by atoms with Crippen LogP contribution in [0.2, 0.25) is 0 Å². The van der Waals surface area contributed by atoms with Gasteiger partial charge in [0.1, 0.15) is 23.2 Å². The van der Waals surface area contributed by atoms with Crippen molar-refractivity contribution in [3.05, 3.63) is 63.4 Å². The largest absolute Gasteiger partial charge is 0.488 e. The zero-order valence-electron chi connectivity index (χ0n) is 10.8. The Labute approximate surface area is 130 Å². The fourth-order valence-corrected chi connectivity index (χ4v) is 2.49. The molecule has 0 radical (unpaired) electrons. The van der Waals surface area contributed by atoms with E-state index < -0.39 is 0 Å². The van der Waals surface area contributed by atoms with Crippen molar-refractivity contribution in [2.24, 2.45) is 5.73 Å². The lowest BCUT2D eigenvalue weighted by Gasteiger charge is -2.10. The van der Waals surface area contributed by atoms with Gasteiger partial charge in [-0.1, -0.05) is 18.3 Å². The minimum Gasteiger partial charge on any atom is -0.488 e. The second kappa shape index (κ2) is 6.33. The number of aryl methyl sites for hydroxylation is 1. The average Bonchev–Trinajstić information content (AvgIpc) is 2.37. The number of hydrogen-bond donors (Lipinski definition) is 1. The van der Waals surface area contributed by atoms with E-state index in [1.165, 1.54) is 12.1 Å². The molecule has 0 amide bonds. The molecule has 2 nitrogen and oxygen atoms in total. The van der Waals surface area contributed by atoms with Crippen LogP contribution in [-0.2, 0) is 6.61 Å². The molecule has 104 valence electrons. The van der Waals surface area contributed by atoms with Crippen LogP contribution in [-0.4, -0.2) is 4.99 Å². The smallest absolute Gasteiger partial charge is 0.134 e. The first-order valence-electron chi connectivity index (χ1n) is 5.94. The zero-order chi connectivity index (χ0) is 14.7. The topological polar surface area (TPSA) is 35.2 Å². The predicted molar refractivity (Wildman–Crippen MR) is 85.5 cm³/mol. The third-order valence-corrected chi connectivity index (χ3v) is 3.58. The summed E-state index contributed by atoms with van der Waals surface area (Å²) in [6, 6.07) is 10.2. The van der Waals surface area contributed by atoms with Gasteiger partial charge in [-0.2, -0.15) is 0 Å². The molecule has 0 saturated carbocycles. The molecule has 0 fully saturated rings. The van der Waals surface area contributed by atoms with E-state index in [-0.39, 0.29) is 17.4 Å². The molecule has 0 aliphatic carbocycles. The second-order valence-corrected chi connectivity index (χ2v) is 5.73. The molecule has 2 rings (SSSR count). The van der Waals surface area contributed by atoms with Gasteiger partial charge in [-0.05, 0) is 64.3 Å². The van der Waals surface area contributed by atoms with Crippen LogP contribution in [0, 0.1) is 12.7 Å². The van der Waals surface area contributed by atoms with Gasteiger partial charge in [-0.25, -0.2) is 4.39 Å². The van der Waals surface area contributed by atoms with Crippen LogP contribution in [0.4, 0.5) is 4.39 Å². The van der Waals surface area contributed by atoms with Crippen LogP contribution in [0.3, 0.4) is 0 Å². The fourth-order valence-electron chi connectivity index (χ4n) is 1.76. The van der Waals surface area contributed by atoms with Crippen molar-refractivity contribution in [2.75, 3.05) is 0 Å². The molecule has 2 aromatic carbocycles. The molecular formula is C15H13BrFNOS. The summed E-state index contributed by atoms with van der Waals surface area (Å²) in [6.07, 6.45) is 0. The van der Waals surface area contributed by atoms with Crippen LogP contribution in [0.1, 0.15) is 16.7 Å². The lowest BCUT2D eigenvalue weighted by atomic mass is 10.1. The van der Waals surface area contributed by atoms with E-state index >= 15 is 0 Å². The standard InChI is InChI=1S/C15H13BrFNOS/c1-9-2-3-14(13(16)4-9)19-8-10-5-11(15(18)20)7-12(17)6-10/h2-7H,8H2,1H3,(H2,18,20). The van der Waals surface area contributed by atoms with E-state index in [0.29, 0.717) is 16.9 Å². The molecule has 0 bridgehead atoms. The van der Waals surface area contributed by atoms with Crippen molar-refractivity contribution >= 4 is 33.1 Å². The summed E-state index contributed by atoms with van der Waals surface area (Å²) in [5, 5.41) is 0. The van der Waals surface area contributed by atoms with Crippen LogP contribution >= 0.6 is 28.1 Å². The zero-order valence-corrected chi connectivity index (χ0v) is 13.2. The summed E-state index contributed by atoms with van der Waals surface area (Å²) in [5.41, 5.74) is 7.83. The Morgan fingerprint density at radius 3 is 2.70 bits per heavy atom. The highest BCUT2D eigenvalue weighted by molar-refractivity contribution is 9.10. The van der Waals surface area contributed by atoms with Gasteiger partial charge in [0.25, 0.3) is 0 Å². The number of benzene rings is 2. The molecule has 0 atom stereocenters. The van der Waals surface area contributed by atoms with E-state index in [2.05, 4.69) is 15.9 Å². The molecular weight excluding hydrogens is 341 g/mol. The first-order valence-corrected chi connectivity index (χ1v) is 7.14. The highest BCUT2D eigenvalue weighted by Crippen LogP contribution is 2.26. The second-order valence-electron chi connectivity index (χ2n) is 4.43. The molecule has 0 aromatic heterocycles. The van der Waals surface area contributed by atoms with Crippen LogP contribution in [0.15, 0.2) is 40.9 Å². The van der Waals surface area contributed by atoms with Gasteiger partial charge in [-0.3, -0.25) is 0 Å². The summed E-state index contributed by atoms with van der Waals surface area (Å²) in [6.45, 7) is 2.24. The Kier molecular flexibility index (Phi) is 4.73. The Balaban J connectivity index is 2.16. The molecule has 20 heavy (non-hydrogen) atoms.